The molecule has 0 saturated carbocycles. The highest BCUT2D eigenvalue weighted by atomic mass is 79.9. The third kappa shape index (κ3) is 4.45. The summed E-state index contributed by atoms with van der Waals surface area (Å²) in [6.07, 6.45) is 1.59. The van der Waals surface area contributed by atoms with E-state index < -0.39 is 11.8 Å². The molecule has 3 amide bonds. The summed E-state index contributed by atoms with van der Waals surface area (Å²) < 4.78 is 0.855. The molecule has 4 N–H and O–H groups in total. The molecular weight excluding hydrogens is 352 g/mol. The second-order valence-corrected chi connectivity index (χ2v) is 5.19. The normalized spacial score (nSPS) is 9.86. The Morgan fingerprint density at radius 3 is 2.36 bits per heavy atom. The second kappa shape index (κ2) is 7.41. The average molecular weight is 365 g/mol. The lowest BCUT2D eigenvalue weighted by Gasteiger charge is -2.08. The molecule has 1 aromatic carbocycles. The van der Waals surface area contributed by atoms with Crippen LogP contribution in [0.1, 0.15) is 20.8 Å². The van der Waals surface area contributed by atoms with Crippen molar-refractivity contribution in [2.75, 3.05) is 6.54 Å². The number of aromatic amines is 1. The quantitative estimate of drug-likeness (QED) is 0.607. The van der Waals surface area contributed by atoms with Crippen LogP contribution in [0.5, 0.6) is 0 Å². The molecule has 0 atom stereocenters. The third-order valence-electron chi connectivity index (χ3n) is 2.67. The van der Waals surface area contributed by atoms with E-state index in [-0.39, 0.29) is 12.5 Å². The lowest BCUT2D eigenvalue weighted by molar-refractivity contribution is -0.120. The molecule has 0 aliphatic carbocycles. The summed E-state index contributed by atoms with van der Waals surface area (Å²) in [5.74, 6) is -1.39. The van der Waals surface area contributed by atoms with Gasteiger partial charge in [0.1, 0.15) is 5.69 Å². The Hall–Kier alpha value is -2.61. The van der Waals surface area contributed by atoms with Crippen molar-refractivity contribution in [1.29, 1.82) is 0 Å². The summed E-state index contributed by atoms with van der Waals surface area (Å²) in [7, 11) is 0. The molecule has 22 heavy (non-hydrogen) atoms. The average Bonchev–Trinajstić information content (AvgIpc) is 3.05. The van der Waals surface area contributed by atoms with Crippen molar-refractivity contribution in [2.24, 2.45) is 0 Å². The molecule has 2 aromatic rings. The SMILES string of the molecule is O=C(CNC(=O)c1ccc(Br)cc1)NNC(=O)c1ccc[nH]1. The highest BCUT2D eigenvalue weighted by molar-refractivity contribution is 9.10. The van der Waals surface area contributed by atoms with Crippen LogP contribution in [0.25, 0.3) is 0 Å². The van der Waals surface area contributed by atoms with Crippen molar-refractivity contribution in [2.45, 2.75) is 0 Å². The maximum Gasteiger partial charge on any atom is 0.286 e. The molecule has 1 aromatic heterocycles. The Morgan fingerprint density at radius 1 is 1.00 bits per heavy atom. The van der Waals surface area contributed by atoms with Crippen molar-refractivity contribution >= 4 is 33.7 Å². The van der Waals surface area contributed by atoms with Gasteiger partial charge in [-0.05, 0) is 36.4 Å². The van der Waals surface area contributed by atoms with Gasteiger partial charge in [0, 0.05) is 16.2 Å². The molecular formula is C14H13BrN4O3. The molecule has 0 aliphatic heterocycles. The summed E-state index contributed by atoms with van der Waals surface area (Å²) in [5, 5.41) is 2.45. The zero-order chi connectivity index (χ0) is 15.9. The highest BCUT2D eigenvalue weighted by Gasteiger charge is 2.10. The van der Waals surface area contributed by atoms with Crippen LogP contribution in [-0.2, 0) is 4.79 Å². The van der Waals surface area contributed by atoms with Gasteiger partial charge in [0.05, 0.1) is 6.54 Å². The lowest BCUT2D eigenvalue weighted by atomic mass is 10.2. The number of amides is 3. The number of H-pyrrole nitrogens is 1. The first kappa shape index (κ1) is 15.8. The van der Waals surface area contributed by atoms with E-state index in [9.17, 15) is 14.4 Å². The number of rotatable bonds is 4. The minimum absolute atomic E-state index is 0.250. The largest absolute Gasteiger partial charge is 0.357 e. The number of hydrogen-bond donors (Lipinski definition) is 4. The predicted molar refractivity (Wildman–Crippen MR) is 82.9 cm³/mol. The zero-order valence-electron chi connectivity index (χ0n) is 11.4. The summed E-state index contributed by atoms with van der Waals surface area (Å²) in [4.78, 5) is 37.6. The predicted octanol–water partition coefficient (Wildman–Crippen LogP) is 0.968. The number of benzene rings is 1. The van der Waals surface area contributed by atoms with E-state index in [1.54, 1.807) is 42.6 Å². The van der Waals surface area contributed by atoms with Gasteiger partial charge in [0.25, 0.3) is 17.7 Å². The van der Waals surface area contributed by atoms with Gasteiger partial charge in [-0.2, -0.15) is 0 Å². The van der Waals surface area contributed by atoms with Crippen LogP contribution in [0.15, 0.2) is 47.1 Å². The van der Waals surface area contributed by atoms with E-state index in [2.05, 4.69) is 37.1 Å². The van der Waals surface area contributed by atoms with E-state index in [0.717, 1.165) is 4.47 Å². The molecule has 8 heteroatoms. The molecule has 0 unspecified atom stereocenters. The molecule has 0 saturated heterocycles. The molecule has 0 bridgehead atoms. The number of halogens is 1. The molecule has 0 radical (unpaired) electrons. The topological polar surface area (TPSA) is 103 Å². The lowest BCUT2D eigenvalue weighted by Crippen LogP contribution is -2.46. The van der Waals surface area contributed by atoms with Crippen molar-refractivity contribution < 1.29 is 14.4 Å². The third-order valence-corrected chi connectivity index (χ3v) is 3.20. The van der Waals surface area contributed by atoms with E-state index >= 15 is 0 Å². The van der Waals surface area contributed by atoms with Gasteiger partial charge in [0.15, 0.2) is 0 Å². The molecule has 1 heterocycles. The van der Waals surface area contributed by atoms with Crippen LogP contribution in [-0.4, -0.2) is 29.3 Å². The summed E-state index contributed by atoms with van der Waals surface area (Å²) in [5.41, 5.74) is 5.19. The van der Waals surface area contributed by atoms with Gasteiger partial charge >= 0.3 is 0 Å². The summed E-state index contributed by atoms with van der Waals surface area (Å²) in [6.45, 7) is -0.250. The van der Waals surface area contributed by atoms with Crippen molar-refractivity contribution in [3.8, 4) is 0 Å². The Balaban J connectivity index is 1.74. The van der Waals surface area contributed by atoms with Gasteiger partial charge in [0.2, 0.25) is 0 Å². The van der Waals surface area contributed by atoms with Crippen molar-refractivity contribution in [1.82, 2.24) is 21.2 Å². The smallest absolute Gasteiger partial charge is 0.286 e. The molecule has 114 valence electrons. The number of hydrogen-bond acceptors (Lipinski definition) is 3. The van der Waals surface area contributed by atoms with Crippen LogP contribution < -0.4 is 16.2 Å². The number of carbonyl (C=O) groups excluding carboxylic acids is 3. The van der Waals surface area contributed by atoms with Gasteiger partial charge in [-0.25, -0.2) is 0 Å². The van der Waals surface area contributed by atoms with Crippen LogP contribution in [0, 0.1) is 0 Å². The van der Waals surface area contributed by atoms with Gasteiger partial charge in [-0.1, -0.05) is 15.9 Å². The minimum atomic E-state index is -0.537. The maximum absolute atomic E-state index is 11.8. The van der Waals surface area contributed by atoms with E-state index in [4.69, 9.17) is 0 Å². The number of carbonyl (C=O) groups is 3. The molecule has 7 nitrogen and oxygen atoms in total. The minimum Gasteiger partial charge on any atom is -0.357 e. The molecule has 0 spiro atoms. The summed E-state index contributed by atoms with van der Waals surface area (Å²) >= 11 is 3.27. The molecule has 2 rings (SSSR count). The zero-order valence-corrected chi connectivity index (χ0v) is 12.9. The van der Waals surface area contributed by atoms with Crippen LogP contribution in [0.2, 0.25) is 0 Å². The Bertz CT molecular complexity index is 668. The first-order valence-electron chi connectivity index (χ1n) is 6.32. The van der Waals surface area contributed by atoms with Gasteiger partial charge in [-0.3, -0.25) is 25.2 Å². The molecule has 0 aliphatic rings. The Kier molecular flexibility index (Phi) is 5.31. The van der Waals surface area contributed by atoms with E-state index in [0.29, 0.717) is 11.3 Å². The summed E-state index contributed by atoms with van der Waals surface area (Å²) in [6, 6.07) is 9.94. The number of nitrogens with one attached hydrogen (secondary N) is 4. The van der Waals surface area contributed by atoms with Crippen LogP contribution >= 0.6 is 15.9 Å². The highest BCUT2D eigenvalue weighted by Crippen LogP contribution is 2.10. The first-order chi connectivity index (χ1) is 10.6. The van der Waals surface area contributed by atoms with Crippen molar-refractivity contribution in [3.63, 3.8) is 0 Å². The maximum atomic E-state index is 11.8. The second-order valence-electron chi connectivity index (χ2n) is 4.28. The van der Waals surface area contributed by atoms with Crippen LogP contribution in [0.3, 0.4) is 0 Å². The fraction of sp³-hybridized carbons (Fsp3) is 0.0714. The van der Waals surface area contributed by atoms with Crippen molar-refractivity contribution in [3.05, 3.63) is 58.3 Å². The standard InChI is InChI=1S/C14H13BrN4O3/c15-10-5-3-9(4-6-10)13(21)17-8-12(20)18-19-14(22)11-2-1-7-16-11/h1-7,16H,8H2,(H,17,21)(H,18,20)(H,19,22). The fourth-order valence-electron chi connectivity index (χ4n) is 1.57. The Morgan fingerprint density at radius 2 is 1.73 bits per heavy atom. The van der Waals surface area contributed by atoms with Crippen LogP contribution in [0.4, 0.5) is 0 Å². The van der Waals surface area contributed by atoms with Gasteiger partial charge < -0.3 is 10.3 Å². The Labute approximate surface area is 134 Å². The van der Waals surface area contributed by atoms with E-state index in [1.165, 1.54) is 0 Å². The number of aromatic nitrogens is 1. The number of hydrazine groups is 1. The monoisotopic (exact) mass is 364 g/mol. The van der Waals surface area contributed by atoms with Gasteiger partial charge in [-0.15, -0.1) is 0 Å². The first-order valence-corrected chi connectivity index (χ1v) is 7.12. The van der Waals surface area contributed by atoms with E-state index in [1.807, 2.05) is 0 Å². The molecule has 0 fully saturated rings. The fourth-order valence-corrected chi connectivity index (χ4v) is 1.84.